The maximum Gasteiger partial charge on any atom is 0.308 e. The molecule has 4 nitrogen and oxygen atoms in total. The Morgan fingerprint density at radius 3 is 2.64 bits per heavy atom. The van der Waals surface area contributed by atoms with E-state index in [-0.39, 0.29) is 18.4 Å². The number of hydrogen-bond acceptors (Lipinski definition) is 3. The average Bonchev–Trinajstić information content (AvgIpc) is 1.88. The van der Waals surface area contributed by atoms with Crippen molar-refractivity contribution in [2.75, 3.05) is 13.2 Å². The van der Waals surface area contributed by atoms with Gasteiger partial charge in [0.05, 0.1) is 12.5 Å². The van der Waals surface area contributed by atoms with Crippen LogP contribution in [0, 0.1) is 5.92 Å². The highest BCUT2D eigenvalue weighted by molar-refractivity contribution is 5.85. The van der Waals surface area contributed by atoms with E-state index < -0.39 is 11.9 Å². The van der Waals surface area contributed by atoms with E-state index in [1.165, 1.54) is 0 Å². The smallest absolute Gasteiger partial charge is 0.308 e. The first-order valence-electron chi connectivity index (χ1n) is 3.28. The maximum absolute atomic E-state index is 10.4. The molecule has 1 fully saturated rings. The molecule has 3 N–H and O–H groups in total. The Hall–Kier alpha value is -0.320. The van der Waals surface area contributed by atoms with Gasteiger partial charge >= 0.3 is 5.97 Å². The Bertz CT molecular complexity index is 142. The molecule has 1 aliphatic rings. The van der Waals surface area contributed by atoms with Crippen molar-refractivity contribution in [3.63, 3.8) is 0 Å². The van der Waals surface area contributed by atoms with Crippen molar-refractivity contribution >= 4 is 18.4 Å². The molecule has 0 unspecified atom stereocenters. The van der Waals surface area contributed by atoms with Crippen LogP contribution < -0.4 is 5.73 Å². The highest BCUT2D eigenvalue weighted by Crippen LogP contribution is 2.13. The molecule has 0 radical (unpaired) electrons. The number of carboxylic acids is 1. The van der Waals surface area contributed by atoms with Gasteiger partial charge in [0, 0.05) is 12.6 Å². The van der Waals surface area contributed by atoms with Crippen LogP contribution in [0.25, 0.3) is 0 Å². The van der Waals surface area contributed by atoms with Gasteiger partial charge in [-0.15, -0.1) is 12.4 Å². The fraction of sp³-hybridized carbons (Fsp3) is 0.833. The van der Waals surface area contributed by atoms with Crippen molar-refractivity contribution in [2.45, 2.75) is 12.5 Å². The number of carboxylic acid groups (broad SMARTS) is 1. The molecule has 11 heavy (non-hydrogen) atoms. The summed E-state index contributed by atoms with van der Waals surface area (Å²) in [5.41, 5.74) is 5.47. The van der Waals surface area contributed by atoms with Gasteiger partial charge in [-0.25, -0.2) is 0 Å². The molecule has 0 amide bonds. The van der Waals surface area contributed by atoms with Crippen LogP contribution in [-0.2, 0) is 9.53 Å². The standard InChI is InChI=1S/C6H11NO3.ClH/c7-5-3-10-2-1-4(5)6(8)9;/h4-5H,1-3,7H2,(H,8,9);1H/t4-,5+;/m1./s1. The van der Waals surface area contributed by atoms with E-state index in [0.29, 0.717) is 19.6 Å². The second kappa shape index (κ2) is 4.54. The maximum atomic E-state index is 10.4. The fourth-order valence-electron chi connectivity index (χ4n) is 1.07. The van der Waals surface area contributed by atoms with Gasteiger partial charge in [-0.1, -0.05) is 0 Å². The van der Waals surface area contributed by atoms with E-state index in [1.807, 2.05) is 0 Å². The molecule has 0 aliphatic carbocycles. The second-order valence-corrected chi connectivity index (χ2v) is 2.47. The fourth-order valence-corrected chi connectivity index (χ4v) is 1.07. The molecule has 0 saturated carbocycles. The van der Waals surface area contributed by atoms with Crippen molar-refractivity contribution in [2.24, 2.45) is 11.7 Å². The molecule has 66 valence electrons. The molecular weight excluding hydrogens is 170 g/mol. The lowest BCUT2D eigenvalue weighted by atomic mass is 9.96. The number of halogens is 1. The minimum Gasteiger partial charge on any atom is -0.481 e. The summed E-state index contributed by atoms with van der Waals surface area (Å²) >= 11 is 0. The van der Waals surface area contributed by atoms with Crippen LogP contribution in [0.1, 0.15) is 6.42 Å². The molecule has 1 saturated heterocycles. The molecule has 1 rings (SSSR count). The van der Waals surface area contributed by atoms with Crippen LogP contribution in [-0.4, -0.2) is 30.3 Å². The Morgan fingerprint density at radius 1 is 1.64 bits per heavy atom. The first kappa shape index (κ1) is 10.7. The average molecular weight is 182 g/mol. The van der Waals surface area contributed by atoms with Crippen LogP contribution >= 0.6 is 12.4 Å². The number of carbonyl (C=O) groups is 1. The number of hydrogen-bond donors (Lipinski definition) is 2. The Balaban J connectivity index is 0.000001000. The van der Waals surface area contributed by atoms with Crippen molar-refractivity contribution < 1.29 is 14.6 Å². The predicted molar refractivity (Wildman–Crippen MR) is 41.8 cm³/mol. The first-order valence-corrected chi connectivity index (χ1v) is 3.28. The lowest BCUT2D eigenvalue weighted by Crippen LogP contribution is -2.43. The molecule has 0 aromatic heterocycles. The zero-order chi connectivity index (χ0) is 7.56. The number of ether oxygens (including phenoxy) is 1. The van der Waals surface area contributed by atoms with Gasteiger partial charge in [0.25, 0.3) is 0 Å². The van der Waals surface area contributed by atoms with Crippen molar-refractivity contribution in [3.05, 3.63) is 0 Å². The van der Waals surface area contributed by atoms with Crippen molar-refractivity contribution in [1.82, 2.24) is 0 Å². The largest absolute Gasteiger partial charge is 0.481 e. The van der Waals surface area contributed by atoms with E-state index in [2.05, 4.69) is 0 Å². The summed E-state index contributed by atoms with van der Waals surface area (Å²) in [5.74, 6) is -1.22. The van der Waals surface area contributed by atoms with Gasteiger partial charge in [-0.3, -0.25) is 4.79 Å². The third-order valence-corrected chi connectivity index (χ3v) is 1.72. The minimum absolute atomic E-state index is 0. The summed E-state index contributed by atoms with van der Waals surface area (Å²) in [6.07, 6.45) is 0.538. The van der Waals surface area contributed by atoms with E-state index in [0.717, 1.165) is 0 Å². The molecule has 0 spiro atoms. The molecule has 1 heterocycles. The van der Waals surface area contributed by atoms with Crippen LogP contribution in [0.4, 0.5) is 0 Å². The summed E-state index contributed by atoms with van der Waals surface area (Å²) < 4.78 is 4.97. The minimum atomic E-state index is -0.809. The Labute approximate surface area is 71.1 Å². The molecule has 0 bridgehead atoms. The van der Waals surface area contributed by atoms with Gasteiger partial charge in [0.15, 0.2) is 0 Å². The summed E-state index contributed by atoms with van der Waals surface area (Å²) in [6.45, 7) is 0.891. The quantitative estimate of drug-likeness (QED) is 0.591. The third-order valence-electron chi connectivity index (χ3n) is 1.72. The Kier molecular flexibility index (Phi) is 4.40. The van der Waals surface area contributed by atoms with Gasteiger partial charge < -0.3 is 15.6 Å². The SMILES string of the molecule is Cl.N[C@H]1COCC[C@H]1C(=O)O. The Morgan fingerprint density at radius 2 is 2.27 bits per heavy atom. The molecule has 1 aliphatic heterocycles. The van der Waals surface area contributed by atoms with Crippen molar-refractivity contribution in [1.29, 1.82) is 0 Å². The van der Waals surface area contributed by atoms with Crippen molar-refractivity contribution in [3.8, 4) is 0 Å². The normalized spacial score (nSPS) is 30.6. The second-order valence-electron chi connectivity index (χ2n) is 2.47. The molecule has 5 heteroatoms. The molecule has 2 atom stereocenters. The zero-order valence-electron chi connectivity index (χ0n) is 6.03. The van der Waals surface area contributed by atoms with Gasteiger partial charge in [-0.05, 0) is 6.42 Å². The van der Waals surface area contributed by atoms with E-state index in [9.17, 15) is 4.79 Å². The van der Waals surface area contributed by atoms with Crippen LogP contribution in [0.2, 0.25) is 0 Å². The molecule has 0 aromatic rings. The third kappa shape index (κ3) is 2.65. The highest BCUT2D eigenvalue weighted by Gasteiger charge is 2.28. The van der Waals surface area contributed by atoms with Crippen LogP contribution in [0.3, 0.4) is 0 Å². The van der Waals surface area contributed by atoms with Crippen LogP contribution in [0.15, 0.2) is 0 Å². The summed E-state index contributed by atoms with van der Waals surface area (Å²) in [4.78, 5) is 10.4. The van der Waals surface area contributed by atoms with Gasteiger partial charge in [0.2, 0.25) is 0 Å². The topological polar surface area (TPSA) is 72.5 Å². The number of aliphatic carboxylic acids is 1. The summed E-state index contributed by atoms with van der Waals surface area (Å²) in [6, 6.07) is -0.328. The lowest BCUT2D eigenvalue weighted by Gasteiger charge is -2.24. The monoisotopic (exact) mass is 181 g/mol. The summed E-state index contributed by atoms with van der Waals surface area (Å²) in [7, 11) is 0. The predicted octanol–water partition coefficient (Wildman–Crippen LogP) is -0.143. The van der Waals surface area contributed by atoms with E-state index >= 15 is 0 Å². The zero-order valence-corrected chi connectivity index (χ0v) is 6.84. The van der Waals surface area contributed by atoms with Gasteiger partial charge in [0.1, 0.15) is 0 Å². The number of rotatable bonds is 1. The lowest BCUT2D eigenvalue weighted by molar-refractivity contribution is -0.145. The highest BCUT2D eigenvalue weighted by atomic mass is 35.5. The van der Waals surface area contributed by atoms with E-state index in [4.69, 9.17) is 15.6 Å². The summed E-state index contributed by atoms with van der Waals surface area (Å²) in [5, 5.41) is 8.57. The first-order chi connectivity index (χ1) is 4.72. The molecular formula is C6H12ClNO3. The van der Waals surface area contributed by atoms with Crippen LogP contribution in [0.5, 0.6) is 0 Å². The molecule has 0 aromatic carbocycles. The number of nitrogens with two attached hydrogens (primary N) is 1. The van der Waals surface area contributed by atoms with E-state index in [1.54, 1.807) is 0 Å². The van der Waals surface area contributed by atoms with Gasteiger partial charge in [-0.2, -0.15) is 0 Å².